The first-order valence-electron chi connectivity index (χ1n) is 7.40. The number of unbranched alkanes of at least 4 members (excludes halogenated alkanes) is 1. The summed E-state index contributed by atoms with van der Waals surface area (Å²) in [5.41, 5.74) is 4.85. The molecule has 0 radical (unpaired) electrons. The van der Waals surface area contributed by atoms with E-state index in [1.54, 1.807) is 6.92 Å². The average Bonchev–Trinajstić information content (AvgIpc) is 2.90. The standard InChI is InChI=1S/C18H19FN2/c1-3-4-8-21-9-7-17-18(21)11-15(12-20-17)14-5-6-16(19)13(2)10-14/h5-7,9-12H,3-4,8H2,1-2H3. The maximum atomic E-state index is 13.4. The number of aromatic nitrogens is 2. The number of halogens is 1. The lowest BCUT2D eigenvalue weighted by Gasteiger charge is -2.07. The maximum Gasteiger partial charge on any atom is 0.126 e. The van der Waals surface area contributed by atoms with E-state index in [-0.39, 0.29) is 5.82 Å². The fourth-order valence-electron chi connectivity index (χ4n) is 2.57. The van der Waals surface area contributed by atoms with Crippen molar-refractivity contribution < 1.29 is 4.39 Å². The summed E-state index contributed by atoms with van der Waals surface area (Å²) in [6.07, 6.45) is 6.28. The average molecular weight is 282 g/mol. The van der Waals surface area contributed by atoms with E-state index in [0.29, 0.717) is 5.56 Å². The van der Waals surface area contributed by atoms with Gasteiger partial charge in [-0.2, -0.15) is 0 Å². The normalized spacial score (nSPS) is 11.2. The van der Waals surface area contributed by atoms with E-state index in [0.717, 1.165) is 35.1 Å². The highest BCUT2D eigenvalue weighted by Gasteiger charge is 2.06. The van der Waals surface area contributed by atoms with Crippen LogP contribution in [0.4, 0.5) is 4.39 Å². The Hall–Kier alpha value is -2.16. The van der Waals surface area contributed by atoms with E-state index < -0.39 is 0 Å². The van der Waals surface area contributed by atoms with E-state index >= 15 is 0 Å². The molecule has 2 aromatic heterocycles. The molecule has 0 aliphatic heterocycles. The SMILES string of the molecule is CCCCn1ccc2ncc(-c3ccc(F)c(C)c3)cc21. The van der Waals surface area contributed by atoms with Crippen LogP contribution < -0.4 is 0 Å². The second-order valence-corrected chi connectivity index (χ2v) is 5.46. The summed E-state index contributed by atoms with van der Waals surface area (Å²) in [6, 6.07) is 9.39. The van der Waals surface area contributed by atoms with Gasteiger partial charge in [-0.15, -0.1) is 0 Å². The van der Waals surface area contributed by atoms with Gasteiger partial charge in [0.2, 0.25) is 0 Å². The van der Waals surface area contributed by atoms with Crippen LogP contribution in [-0.4, -0.2) is 9.55 Å². The Bertz CT molecular complexity index is 774. The zero-order chi connectivity index (χ0) is 14.8. The molecular weight excluding hydrogens is 263 g/mol. The molecule has 0 aliphatic carbocycles. The van der Waals surface area contributed by atoms with Crippen molar-refractivity contribution in [2.75, 3.05) is 0 Å². The molecule has 0 amide bonds. The Labute approximate surface area is 124 Å². The van der Waals surface area contributed by atoms with E-state index in [1.807, 2.05) is 24.4 Å². The van der Waals surface area contributed by atoms with E-state index in [2.05, 4.69) is 28.7 Å². The second kappa shape index (κ2) is 5.68. The molecule has 0 N–H and O–H groups in total. The topological polar surface area (TPSA) is 17.8 Å². The summed E-state index contributed by atoms with van der Waals surface area (Å²) in [7, 11) is 0. The molecule has 3 heteroatoms. The van der Waals surface area contributed by atoms with Gasteiger partial charge in [0.25, 0.3) is 0 Å². The molecule has 3 rings (SSSR count). The lowest BCUT2D eigenvalue weighted by atomic mass is 10.0. The van der Waals surface area contributed by atoms with Crippen molar-refractivity contribution in [1.82, 2.24) is 9.55 Å². The zero-order valence-corrected chi connectivity index (χ0v) is 12.4. The van der Waals surface area contributed by atoms with Gasteiger partial charge in [0.15, 0.2) is 0 Å². The molecule has 3 aromatic rings. The summed E-state index contributed by atoms with van der Waals surface area (Å²) >= 11 is 0. The van der Waals surface area contributed by atoms with Crippen LogP contribution in [0.1, 0.15) is 25.3 Å². The fourth-order valence-corrected chi connectivity index (χ4v) is 2.57. The second-order valence-electron chi connectivity index (χ2n) is 5.46. The zero-order valence-electron chi connectivity index (χ0n) is 12.4. The fraction of sp³-hybridized carbons (Fsp3) is 0.278. The third-order valence-corrected chi connectivity index (χ3v) is 3.86. The van der Waals surface area contributed by atoms with Crippen LogP contribution in [0.5, 0.6) is 0 Å². The van der Waals surface area contributed by atoms with E-state index in [4.69, 9.17) is 0 Å². The third-order valence-electron chi connectivity index (χ3n) is 3.86. The number of rotatable bonds is 4. The molecule has 108 valence electrons. The first-order valence-corrected chi connectivity index (χ1v) is 7.40. The van der Waals surface area contributed by atoms with Gasteiger partial charge in [-0.25, -0.2) is 4.39 Å². The van der Waals surface area contributed by atoms with Gasteiger partial charge in [0, 0.05) is 24.5 Å². The molecule has 0 bridgehead atoms. The molecule has 0 unspecified atom stereocenters. The van der Waals surface area contributed by atoms with Crippen LogP contribution in [-0.2, 0) is 6.54 Å². The van der Waals surface area contributed by atoms with Gasteiger partial charge in [-0.1, -0.05) is 19.4 Å². The first kappa shape index (κ1) is 13.8. The van der Waals surface area contributed by atoms with Crippen LogP contribution >= 0.6 is 0 Å². The van der Waals surface area contributed by atoms with Gasteiger partial charge in [-0.05, 0) is 48.7 Å². The van der Waals surface area contributed by atoms with Crippen LogP contribution in [0.25, 0.3) is 22.2 Å². The summed E-state index contributed by atoms with van der Waals surface area (Å²) in [4.78, 5) is 4.52. The van der Waals surface area contributed by atoms with Crippen molar-refractivity contribution >= 4 is 11.0 Å². The van der Waals surface area contributed by atoms with Crippen molar-refractivity contribution in [3.8, 4) is 11.1 Å². The summed E-state index contributed by atoms with van der Waals surface area (Å²) in [5, 5.41) is 0. The number of hydrogen-bond donors (Lipinski definition) is 0. The highest BCUT2D eigenvalue weighted by Crippen LogP contribution is 2.25. The first-order chi connectivity index (χ1) is 10.2. The minimum atomic E-state index is -0.167. The summed E-state index contributed by atoms with van der Waals surface area (Å²) < 4.78 is 15.6. The molecule has 0 aliphatic rings. The predicted molar refractivity (Wildman–Crippen MR) is 84.8 cm³/mol. The van der Waals surface area contributed by atoms with Gasteiger partial charge >= 0.3 is 0 Å². The number of benzene rings is 1. The Balaban J connectivity index is 2.04. The van der Waals surface area contributed by atoms with Gasteiger partial charge in [-0.3, -0.25) is 4.98 Å². The Morgan fingerprint density at radius 2 is 2.00 bits per heavy atom. The van der Waals surface area contributed by atoms with Crippen molar-refractivity contribution in [2.24, 2.45) is 0 Å². The highest BCUT2D eigenvalue weighted by molar-refractivity contribution is 5.81. The molecule has 2 heterocycles. The number of fused-ring (bicyclic) bond motifs is 1. The van der Waals surface area contributed by atoms with Crippen molar-refractivity contribution in [2.45, 2.75) is 33.2 Å². The van der Waals surface area contributed by atoms with Crippen LogP contribution in [0, 0.1) is 12.7 Å². The smallest absolute Gasteiger partial charge is 0.126 e. The Morgan fingerprint density at radius 1 is 1.14 bits per heavy atom. The van der Waals surface area contributed by atoms with Gasteiger partial charge in [0.1, 0.15) is 5.82 Å². The molecule has 0 spiro atoms. The molecule has 2 nitrogen and oxygen atoms in total. The molecule has 1 aromatic carbocycles. The molecule has 21 heavy (non-hydrogen) atoms. The number of pyridine rings is 1. The molecular formula is C18H19FN2. The predicted octanol–water partition coefficient (Wildman–Crippen LogP) is 4.95. The van der Waals surface area contributed by atoms with Gasteiger partial charge in [0.05, 0.1) is 11.0 Å². The number of hydrogen-bond acceptors (Lipinski definition) is 1. The van der Waals surface area contributed by atoms with E-state index in [9.17, 15) is 4.39 Å². The van der Waals surface area contributed by atoms with Crippen LogP contribution in [0.3, 0.4) is 0 Å². The van der Waals surface area contributed by atoms with Crippen LogP contribution in [0.15, 0.2) is 42.7 Å². The summed E-state index contributed by atoms with van der Waals surface area (Å²) in [5.74, 6) is -0.167. The van der Waals surface area contributed by atoms with E-state index in [1.165, 1.54) is 12.5 Å². The lowest BCUT2D eigenvalue weighted by molar-refractivity contribution is 0.619. The largest absolute Gasteiger partial charge is 0.346 e. The highest BCUT2D eigenvalue weighted by atomic mass is 19.1. The van der Waals surface area contributed by atoms with Crippen LogP contribution in [0.2, 0.25) is 0 Å². The maximum absolute atomic E-state index is 13.4. The van der Waals surface area contributed by atoms with Crippen molar-refractivity contribution in [1.29, 1.82) is 0 Å². The molecule has 0 fully saturated rings. The molecule has 0 saturated carbocycles. The Morgan fingerprint density at radius 3 is 2.76 bits per heavy atom. The number of aryl methyl sites for hydroxylation is 2. The van der Waals surface area contributed by atoms with Crippen molar-refractivity contribution in [3.63, 3.8) is 0 Å². The third kappa shape index (κ3) is 2.68. The summed E-state index contributed by atoms with van der Waals surface area (Å²) in [6.45, 7) is 4.99. The minimum absolute atomic E-state index is 0.167. The molecule has 0 saturated heterocycles. The minimum Gasteiger partial charge on any atom is -0.346 e. The monoisotopic (exact) mass is 282 g/mol. The molecule has 0 atom stereocenters. The quantitative estimate of drug-likeness (QED) is 0.662. The number of nitrogens with zero attached hydrogens (tertiary/aromatic N) is 2. The lowest BCUT2D eigenvalue weighted by Crippen LogP contribution is -1.96. The van der Waals surface area contributed by atoms with Crippen molar-refractivity contribution in [3.05, 3.63) is 54.1 Å². The van der Waals surface area contributed by atoms with Gasteiger partial charge < -0.3 is 4.57 Å². The Kier molecular flexibility index (Phi) is 3.74.